The van der Waals surface area contributed by atoms with Gasteiger partial charge in [-0.15, -0.1) is 22.7 Å². The third-order valence-electron chi connectivity index (χ3n) is 5.35. The molecule has 0 unspecified atom stereocenters. The molecule has 0 radical (unpaired) electrons. The Morgan fingerprint density at radius 3 is 2.78 bits per heavy atom. The lowest BCUT2D eigenvalue weighted by Crippen LogP contribution is -2.37. The van der Waals surface area contributed by atoms with E-state index in [1.54, 1.807) is 22.0 Å². The van der Waals surface area contributed by atoms with E-state index in [1.807, 2.05) is 40.4 Å². The second-order valence-electron chi connectivity index (χ2n) is 7.38. The van der Waals surface area contributed by atoms with Crippen LogP contribution in [0.1, 0.15) is 42.8 Å². The molecule has 0 atom stereocenters. The van der Waals surface area contributed by atoms with Gasteiger partial charge >= 0.3 is 0 Å². The Bertz CT molecular complexity index is 1220. The highest BCUT2D eigenvalue weighted by atomic mass is 32.1. The van der Waals surface area contributed by atoms with Gasteiger partial charge in [-0.25, -0.2) is 9.97 Å². The molecule has 1 aliphatic rings. The quantitative estimate of drug-likeness (QED) is 0.474. The molecule has 5 rings (SSSR count). The van der Waals surface area contributed by atoms with E-state index in [9.17, 15) is 9.59 Å². The molecule has 1 aromatic carbocycles. The second kappa shape index (κ2) is 9.01. The molecule has 0 saturated carbocycles. The lowest BCUT2D eigenvalue weighted by Gasteiger charge is -2.27. The fraction of sp³-hybridized carbons (Fsp3) is 0.227. The van der Waals surface area contributed by atoms with Gasteiger partial charge in [-0.2, -0.15) is 5.10 Å². The molecule has 162 valence electrons. The number of carbonyl (C=O) groups is 2. The summed E-state index contributed by atoms with van der Waals surface area (Å²) in [5.74, 6) is -0.381. The van der Waals surface area contributed by atoms with E-state index in [-0.39, 0.29) is 11.8 Å². The molecule has 0 aliphatic carbocycles. The Morgan fingerprint density at radius 1 is 1.16 bits per heavy atom. The van der Waals surface area contributed by atoms with Gasteiger partial charge in [0.25, 0.3) is 11.8 Å². The minimum absolute atomic E-state index is 0.123. The number of benzene rings is 1. The predicted octanol–water partition coefficient (Wildman–Crippen LogP) is 2.97. The van der Waals surface area contributed by atoms with Gasteiger partial charge in [0.15, 0.2) is 5.69 Å². The van der Waals surface area contributed by atoms with Crippen LogP contribution in [-0.4, -0.2) is 43.0 Å². The van der Waals surface area contributed by atoms with Gasteiger partial charge in [0.2, 0.25) is 0 Å². The fourth-order valence-electron chi connectivity index (χ4n) is 3.79. The molecule has 32 heavy (non-hydrogen) atoms. The van der Waals surface area contributed by atoms with Crippen molar-refractivity contribution in [3.63, 3.8) is 0 Å². The molecule has 4 heterocycles. The lowest BCUT2D eigenvalue weighted by molar-refractivity contribution is 0.0725. The molecule has 2 amide bonds. The van der Waals surface area contributed by atoms with Crippen molar-refractivity contribution in [1.82, 2.24) is 30.0 Å². The van der Waals surface area contributed by atoms with Gasteiger partial charge < -0.3 is 10.2 Å². The van der Waals surface area contributed by atoms with Crippen LogP contribution < -0.4 is 5.32 Å². The van der Waals surface area contributed by atoms with Gasteiger partial charge in [0.1, 0.15) is 10.7 Å². The van der Waals surface area contributed by atoms with Crippen molar-refractivity contribution < 1.29 is 9.59 Å². The van der Waals surface area contributed by atoms with E-state index in [0.29, 0.717) is 44.0 Å². The zero-order valence-electron chi connectivity index (χ0n) is 17.1. The van der Waals surface area contributed by atoms with Crippen molar-refractivity contribution in [3.8, 4) is 0 Å². The largest absolute Gasteiger partial charge is 0.344 e. The van der Waals surface area contributed by atoms with Crippen molar-refractivity contribution in [2.45, 2.75) is 26.1 Å². The Hall–Kier alpha value is -3.37. The minimum Gasteiger partial charge on any atom is -0.344 e. The number of hydrogen-bond donors (Lipinski definition) is 1. The van der Waals surface area contributed by atoms with Crippen LogP contribution in [0.15, 0.2) is 52.8 Å². The topological polar surface area (TPSA) is 93.0 Å². The van der Waals surface area contributed by atoms with Crippen molar-refractivity contribution in [3.05, 3.63) is 86.0 Å². The lowest BCUT2D eigenvalue weighted by atomic mass is 10.0. The number of thiazole rings is 2. The molecule has 3 aromatic heterocycles. The summed E-state index contributed by atoms with van der Waals surface area (Å²) in [6.07, 6.45) is 2.34. The molecule has 1 aliphatic heterocycles. The van der Waals surface area contributed by atoms with E-state index < -0.39 is 0 Å². The summed E-state index contributed by atoms with van der Waals surface area (Å²) >= 11 is 2.88. The van der Waals surface area contributed by atoms with Crippen molar-refractivity contribution >= 4 is 34.5 Å². The van der Waals surface area contributed by atoms with E-state index in [0.717, 1.165) is 21.8 Å². The number of fused-ring (bicyclic) bond motifs is 1. The van der Waals surface area contributed by atoms with Crippen molar-refractivity contribution in [2.75, 3.05) is 6.54 Å². The molecule has 10 heteroatoms. The first kappa shape index (κ1) is 20.5. The highest BCUT2D eigenvalue weighted by molar-refractivity contribution is 7.09. The molecule has 8 nitrogen and oxygen atoms in total. The maximum atomic E-state index is 13.1. The maximum Gasteiger partial charge on any atom is 0.273 e. The van der Waals surface area contributed by atoms with Crippen LogP contribution in [0, 0.1) is 0 Å². The number of nitrogens with one attached hydrogen (secondary N) is 1. The molecule has 0 fully saturated rings. The van der Waals surface area contributed by atoms with Crippen LogP contribution in [0.2, 0.25) is 0 Å². The maximum absolute atomic E-state index is 13.1. The molecule has 0 spiro atoms. The van der Waals surface area contributed by atoms with Crippen molar-refractivity contribution in [2.24, 2.45) is 0 Å². The van der Waals surface area contributed by atoms with E-state index in [1.165, 1.54) is 22.7 Å². The summed E-state index contributed by atoms with van der Waals surface area (Å²) in [6.45, 7) is 1.81. The third-order valence-corrected chi connectivity index (χ3v) is 6.71. The van der Waals surface area contributed by atoms with Crippen LogP contribution in [0.4, 0.5) is 0 Å². The number of nitrogens with zero attached hydrogens (tertiary/aromatic N) is 5. The zero-order valence-corrected chi connectivity index (χ0v) is 18.7. The van der Waals surface area contributed by atoms with E-state index in [4.69, 9.17) is 0 Å². The average Bonchev–Trinajstić information content (AvgIpc) is 3.59. The van der Waals surface area contributed by atoms with Gasteiger partial charge in [0.05, 0.1) is 25.1 Å². The number of aromatic nitrogens is 4. The number of rotatable bonds is 6. The second-order valence-corrected chi connectivity index (χ2v) is 9.07. The summed E-state index contributed by atoms with van der Waals surface area (Å²) in [5, 5.41) is 12.1. The fourth-order valence-corrected chi connectivity index (χ4v) is 4.88. The first-order valence-electron chi connectivity index (χ1n) is 10.2. The van der Waals surface area contributed by atoms with Crippen LogP contribution in [0.25, 0.3) is 0 Å². The highest BCUT2D eigenvalue weighted by Gasteiger charge is 2.31. The van der Waals surface area contributed by atoms with Crippen LogP contribution in [-0.2, 0) is 26.1 Å². The summed E-state index contributed by atoms with van der Waals surface area (Å²) in [7, 11) is 0. The SMILES string of the molecule is O=C(NCc1nccs1)c1nn(Cc2ccccc2)c2c1CN(C(=O)c1cscn1)CC2. The molecule has 4 aromatic rings. The highest BCUT2D eigenvalue weighted by Crippen LogP contribution is 2.25. The number of hydrogen-bond acceptors (Lipinski definition) is 7. The molecular weight excluding hydrogens is 444 g/mol. The minimum atomic E-state index is -0.258. The summed E-state index contributed by atoms with van der Waals surface area (Å²) in [4.78, 5) is 36.0. The average molecular weight is 465 g/mol. The third kappa shape index (κ3) is 4.19. The van der Waals surface area contributed by atoms with Crippen LogP contribution >= 0.6 is 22.7 Å². The normalized spacial score (nSPS) is 13.1. The van der Waals surface area contributed by atoms with Gasteiger partial charge in [-0.05, 0) is 5.56 Å². The van der Waals surface area contributed by atoms with Crippen LogP contribution in [0.3, 0.4) is 0 Å². The van der Waals surface area contributed by atoms with Crippen LogP contribution in [0.5, 0.6) is 0 Å². The Balaban J connectivity index is 1.43. The Labute approximate surface area is 192 Å². The molecular formula is C22H20N6O2S2. The summed E-state index contributed by atoms with van der Waals surface area (Å²) < 4.78 is 1.90. The van der Waals surface area contributed by atoms with Crippen molar-refractivity contribution in [1.29, 1.82) is 0 Å². The zero-order chi connectivity index (χ0) is 21.9. The Morgan fingerprint density at radius 2 is 2.03 bits per heavy atom. The van der Waals surface area contributed by atoms with Gasteiger partial charge in [-0.3, -0.25) is 14.3 Å². The number of carbonyl (C=O) groups excluding carboxylic acids is 2. The standard InChI is InChI=1S/C22H20N6O2S2/c29-21(24-10-19-23-7-9-32-19)20-16-12-27(22(30)17-13-31-14-25-17)8-6-18(16)28(26-20)11-15-4-2-1-3-5-15/h1-5,7,9,13-14H,6,8,10-12H2,(H,24,29). The molecule has 0 saturated heterocycles. The van der Waals surface area contributed by atoms with E-state index >= 15 is 0 Å². The smallest absolute Gasteiger partial charge is 0.273 e. The Kier molecular flexibility index (Phi) is 5.78. The monoisotopic (exact) mass is 464 g/mol. The molecule has 1 N–H and O–H groups in total. The molecule has 0 bridgehead atoms. The van der Waals surface area contributed by atoms with Gasteiger partial charge in [0, 0.05) is 41.2 Å². The van der Waals surface area contributed by atoms with E-state index in [2.05, 4.69) is 20.4 Å². The van der Waals surface area contributed by atoms with Gasteiger partial charge in [-0.1, -0.05) is 30.3 Å². The summed E-state index contributed by atoms with van der Waals surface area (Å²) in [6, 6.07) is 10.0. The predicted molar refractivity (Wildman–Crippen MR) is 122 cm³/mol. The first-order chi connectivity index (χ1) is 15.7. The first-order valence-corrected chi connectivity index (χ1v) is 12.0. The summed E-state index contributed by atoms with van der Waals surface area (Å²) in [5.41, 5.74) is 5.35. The number of amides is 2.